The van der Waals surface area contributed by atoms with E-state index < -0.39 is 0 Å². The molecular formula is C17H19NO2. The van der Waals surface area contributed by atoms with Crippen LogP contribution in [0.2, 0.25) is 0 Å². The maximum absolute atomic E-state index is 12.0. The summed E-state index contributed by atoms with van der Waals surface area (Å²) in [5.41, 5.74) is 4.14. The lowest BCUT2D eigenvalue weighted by Crippen LogP contribution is -2.13. The molecule has 3 nitrogen and oxygen atoms in total. The average molecular weight is 269 g/mol. The van der Waals surface area contributed by atoms with Crippen LogP contribution in [0, 0.1) is 6.92 Å². The Bertz CT molecular complexity index is 655. The lowest BCUT2D eigenvalue weighted by Gasteiger charge is -2.18. The van der Waals surface area contributed by atoms with Gasteiger partial charge in [-0.15, -0.1) is 0 Å². The smallest absolute Gasteiger partial charge is 0.164 e. The standard InChI is InChI=1S/C17H19NO2/c1-3-20-17-10-5-4-7-15(17)18-12(2)11-13-14(18)8-6-9-16(13)19/h4-5,7,10-11H,3,6,8-9H2,1-2H3. The first-order valence-corrected chi connectivity index (χ1v) is 7.19. The zero-order valence-electron chi connectivity index (χ0n) is 12.0. The molecule has 0 spiro atoms. The van der Waals surface area contributed by atoms with Crippen LogP contribution in [-0.2, 0) is 6.42 Å². The van der Waals surface area contributed by atoms with Crippen molar-refractivity contribution in [2.24, 2.45) is 0 Å². The lowest BCUT2D eigenvalue weighted by molar-refractivity contribution is 0.0972. The number of aryl methyl sites for hydroxylation is 1. The van der Waals surface area contributed by atoms with Gasteiger partial charge in [-0.1, -0.05) is 12.1 Å². The minimum atomic E-state index is 0.266. The van der Waals surface area contributed by atoms with Gasteiger partial charge in [-0.3, -0.25) is 4.79 Å². The molecule has 0 radical (unpaired) electrons. The Labute approximate surface area is 119 Å². The van der Waals surface area contributed by atoms with Crippen molar-refractivity contribution >= 4 is 5.78 Å². The van der Waals surface area contributed by atoms with E-state index in [1.165, 1.54) is 0 Å². The molecule has 3 heteroatoms. The van der Waals surface area contributed by atoms with Crippen molar-refractivity contribution in [3.63, 3.8) is 0 Å². The molecule has 1 aromatic carbocycles. The molecule has 0 atom stereocenters. The van der Waals surface area contributed by atoms with Gasteiger partial charge < -0.3 is 9.30 Å². The summed E-state index contributed by atoms with van der Waals surface area (Å²) in [5.74, 6) is 1.14. The summed E-state index contributed by atoms with van der Waals surface area (Å²) < 4.78 is 7.91. The van der Waals surface area contributed by atoms with Gasteiger partial charge >= 0.3 is 0 Å². The van der Waals surface area contributed by atoms with Crippen molar-refractivity contribution in [2.45, 2.75) is 33.1 Å². The molecule has 20 heavy (non-hydrogen) atoms. The van der Waals surface area contributed by atoms with Gasteiger partial charge in [0.25, 0.3) is 0 Å². The molecule has 0 saturated carbocycles. The molecule has 0 fully saturated rings. The number of para-hydroxylation sites is 2. The molecule has 0 saturated heterocycles. The number of carbonyl (C=O) groups is 1. The third kappa shape index (κ3) is 2.03. The second kappa shape index (κ2) is 5.16. The van der Waals surface area contributed by atoms with Crippen molar-refractivity contribution in [1.29, 1.82) is 0 Å². The number of rotatable bonds is 3. The fraction of sp³-hybridized carbons (Fsp3) is 0.353. The van der Waals surface area contributed by atoms with E-state index in [9.17, 15) is 4.79 Å². The summed E-state index contributed by atoms with van der Waals surface area (Å²) in [7, 11) is 0. The first-order chi connectivity index (χ1) is 9.72. The zero-order chi connectivity index (χ0) is 14.1. The molecule has 2 aromatic rings. The second-order valence-corrected chi connectivity index (χ2v) is 5.16. The molecule has 1 aliphatic rings. The van der Waals surface area contributed by atoms with Crippen LogP contribution in [-0.4, -0.2) is 17.0 Å². The van der Waals surface area contributed by atoms with Crippen LogP contribution in [0.4, 0.5) is 0 Å². The SMILES string of the molecule is CCOc1ccccc1-n1c(C)cc2c1CCCC2=O. The number of carbonyl (C=O) groups excluding carboxylic acids is 1. The third-order valence-electron chi connectivity index (χ3n) is 3.81. The fourth-order valence-corrected chi connectivity index (χ4v) is 2.98. The molecule has 1 heterocycles. The van der Waals surface area contributed by atoms with E-state index in [0.717, 1.165) is 41.2 Å². The summed E-state index contributed by atoms with van der Waals surface area (Å²) in [5, 5.41) is 0. The van der Waals surface area contributed by atoms with Crippen LogP contribution in [0.3, 0.4) is 0 Å². The number of aromatic nitrogens is 1. The predicted octanol–water partition coefficient (Wildman–Crippen LogP) is 3.70. The Hall–Kier alpha value is -2.03. The zero-order valence-corrected chi connectivity index (χ0v) is 12.0. The Morgan fingerprint density at radius 3 is 2.85 bits per heavy atom. The summed E-state index contributed by atoms with van der Waals surface area (Å²) in [6, 6.07) is 10.0. The van der Waals surface area contributed by atoms with Gasteiger partial charge in [0, 0.05) is 23.4 Å². The molecule has 3 rings (SSSR count). The highest BCUT2D eigenvalue weighted by atomic mass is 16.5. The molecular weight excluding hydrogens is 250 g/mol. The number of benzene rings is 1. The quantitative estimate of drug-likeness (QED) is 0.850. The van der Waals surface area contributed by atoms with Gasteiger partial charge in [0.15, 0.2) is 5.78 Å². The molecule has 0 aliphatic heterocycles. The molecule has 1 aliphatic carbocycles. The van der Waals surface area contributed by atoms with Gasteiger partial charge in [-0.2, -0.15) is 0 Å². The molecule has 0 bridgehead atoms. The van der Waals surface area contributed by atoms with Crippen LogP contribution in [0.5, 0.6) is 5.75 Å². The Morgan fingerprint density at radius 1 is 1.25 bits per heavy atom. The summed E-state index contributed by atoms with van der Waals surface area (Å²) in [6.07, 6.45) is 2.56. The highest BCUT2D eigenvalue weighted by Crippen LogP contribution is 2.32. The molecule has 0 N–H and O–H groups in total. The number of ether oxygens (including phenoxy) is 1. The highest BCUT2D eigenvalue weighted by Gasteiger charge is 2.24. The molecule has 0 amide bonds. The number of nitrogens with zero attached hydrogens (tertiary/aromatic N) is 1. The Kier molecular flexibility index (Phi) is 3.35. The second-order valence-electron chi connectivity index (χ2n) is 5.16. The van der Waals surface area contributed by atoms with Gasteiger partial charge in [0.1, 0.15) is 5.75 Å². The van der Waals surface area contributed by atoms with E-state index in [2.05, 4.69) is 10.6 Å². The van der Waals surface area contributed by atoms with Gasteiger partial charge in [-0.25, -0.2) is 0 Å². The van der Waals surface area contributed by atoms with Crippen LogP contribution in [0.25, 0.3) is 5.69 Å². The summed E-state index contributed by atoms with van der Waals surface area (Å²) in [4.78, 5) is 12.0. The number of hydrogen-bond acceptors (Lipinski definition) is 2. The van der Waals surface area contributed by atoms with Crippen molar-refractivity contribution < 1.29 is 9.53 Å². The first-order valence-electron chi connectivity index (χ1n) is 7.19. The van der Waals surface area contributed by atoms with E-state index in [1.807, 2.05) is 38.1 Å². The summed E-state index contributed by atoms with van der Waals surface area (Å²) in [6.45, 7) is 4.67. The highest BCUT2D eigenvalue weighted by molar-refractivity contribution is 5.98. The van der Waals surface area contributed by atoms with E-state index in [4.69, 9.17) is 4.74 Å². The minimum Gasteiger partial charge on any atom is -0.492 e. The topological polar surface area (TPSA) is 31.2 Å². The largest absolute Gasteiger partial charge is 0.492 e. The third-order valence-corrected chi connectivity index (χ3v) is 3.81. The van der Waals surface area contributed by atoms with Crippen LogP contribution in [0.15, 0.2) is 30.3 Å². The number of hydrogen-bond donors (Lipinski definition) is 0. The normalized spacial score (nSPS) is 14.2. The maximum Gasteiger partial charge on any atom is 0.164 e. The average Bonchev–Trinajstić information content (AvgIpc) is 2.78. The Balaban J connectivity index is 2.18. The lowest BCUT2D eigenvalue weighted by atomic mass is 9.96. The Morgan fingerprint density at radius 2 is 2.05 bits per heavy atom. The molecule has 0 unspecified atom stereocenters. The van der Waals surface area contributed by atoms with E-state index in [0.29, 0.717) is 13.0 Å². The van der Waals surface area contributed by atoms with E-state index in [-0.39, 0.29) is 5.78 Å². The number of ketones is 1. The number of Topliss-reactive ketones (excluding diaryl/α,β-unsaturated/α-hetero) is 1. The van der Waals surface area contributed by atoms with Crippen LogP contribution >= 0.6 is 0 Å². The maximum atomic E-state index is 12.0. The first kappa shape index (κ1) is 13.0. The van der Waals surface area contributed by atoms with Gasteiger partial charge in [-0.05, 0) is 44.9 Å². The van der Waals surface area contributed by atoms with Crippen LogP contribution in [0.1, 0.15) is 41.5 Å². The van der Waals surface area contributed by atoms with Crippen molar-refractivity contribution in [3.8, 4) is 11.4 Å². The van der Waals surface area contributed by atoms with E-state index >= 15 is 0 Å². The summed E-state index contributed by atoms with van der Waals surface area (Å²) >= 11 is 0. The van der Waals surface area contributed by atoms with Crippen LogP contribution < -0.4 is 4.74 Å². The predicted molar refractivity (Wildman–Crippen MR) is 78.9 cm³/mol. The molecule has 104 valence electrons. The van der Waals surface area contributed by atoms with E-state index in [1.54, 1.807) is 0 Å². The van der Waals surface area contributed by atoms with Gasteiger partial charge in [0.05, 0.1) is 12.3 Å². The van der Waals surface area contributed by atoms with Crippen molar-refractivity contribution in [2.75, 3.05) is 6.61 Å². The van der Waals surface area contributed by atoms with Crippen molar-refractivity contribution in [3.05, 3.63) is 47.3 Å². The molecule has 1 aromatic heterocycles. The fourth-order valence-electron chi connectivity index (χ4n) is 2.98. The van der Waals surface area contributed by atoms with Crippen molar-refractivity contribution in [1.82, 2.24) is 4.57 Å². The monoisotopic (exact) mass is 269 g/mol. The number of fused-ring (bicyclic) bond motifs is 1. The van der Waals surface area contributed by atoms with Gasteiger partial charge in [0.2, 0.25) is 0 Å². The minimum absolute atomic E-state index is 0.266.